The Labute approximate surface area is 139 Å². The van der Waals surface area contributed by atoms with Gasteiger partial charge in [-0.1, -0.05) is 25.0 Å². The summed E-state index contributed by atoms with van der Waals surface area (Å²) in [6.45, 7) is 7.55. The van der Waals surface area contributed by atoms with Gasteiger partial charge in [-0.15, -0.1) is 0 Å². The van der Waals surface area contributed by atoms with Crippen molar-refractivity contribution in [1.82, 2.24) is 4.90 Å². The quantitative estimate of drug-likeness (QED) is 0.932. The third kappa shape index (κ3) is 3.52. The first-order chi connectivity index (χ1) is 11.0. The highest BCUT2D eigenvalue weighted by atomic mass is 16.3. The molecule has 4 nitrogen and oxygen atoms in total. The number of benzene rings is 1. The molecule has 1 heterocycles. The number of amides is 1. The lowest BCUT2D eigenvalue weighted by Crippen LogP contribution is -2.50. The number of carbonyl (C=O) groups is 1. The molecular formula is C19H28N2O2. The lowest BCUT2D eigenvalue weighted by molar-refractivity contribution is -0.136. The predicted octanol–water partition coefficient (Wildman–Crippen LogP) is 2.65. The van der Waals surface area contributed by atoms with Gasteiger partial charge in [0.25, 0.3) is 0 Å². The smallest absolute Gasteiger partial charge is 0.225 e. The predicted molar refractivity (Wildman–Crippen MR) is 92.7 cm³/mol. The third-order valence-electron chi connectivity index (χ3n) is 5.56. The Kier molecular flexibility index (Phi) is 4.62. The van der Waals surface area contributed by atoms with Crippen molar-refractivity contribution in [3.05, 3.63) is 29.3 Å². The molecular weight excluding hydrogens is 288 g/mol. The Bertz CT molecular complexity index is 571. The molecule has 2 fully saturated rings. The minimum absolute atomic E-state index is 0.120. The summed E-state index contributed by atoms with van der Waals surface area (Å²) in [6.07, 6.45) is 3.95. The fourth-order valence-electron chi connectivity index (χ4n) is 3.88. The van der Waals surface area contributed by atoms with Crippen LogP contribution >= 0.6 is 0 Å². The van der Waals surface area contributed by atoms with Crippen molar-refractivity contribution in [2.75, 3.05) is 31.1 Å². The topological polar surface area (TPSA) is 43.8 Å². The first kappa shape index (κ1) is 16.3. The summed E-state index contributed by atoms with van der Waals surface area (Å²) < 4.78 is 0. The van der Waals surface area contributed by atoms with Crippen LogP contribution in [0.5, 0.6) is 0 Å². The second-order valence-corrected chi connectivity index (χ2v) is 7.20. The van der Waals surface area contributed by atoms with Gasteiger partial charge < -0.3 is 14.9 Å². The molecule has 1 saturated carbocycles. The van der Waals surface area contributed by atoms with Crippen LogP contribution in [0.1, 0.15) is 43.2 Å². The average Bonchev–Trinajstić information content (AvgIpc) is 2.96. The number of hydrogen-bond acceptors (Lipinski definition) is 3. The molecule has 1 amide bonds. The van der Waals surface area contributed by atoms with Crippen LogP contribution in [-0.4, -0.2) is 47.7 Å². The van der Waals surface area contributed by atoms with E-state index in [1.807, 2.05) is 4.90 Å². The molecule has 0 atom stereocenters. The molecule has 2 aliphatic rings. The van der Waals surface area contributed by atoms with E-state index in [0.717, 1.165) is 51.9 Å². The van der Waals surface area contributed by atoms with E-state index in [0.29, 0.717) is 6.42 Å². The number of carbonyl (C=O) groups excluding carboxylic acids is 1. The molecule has 1 aliphatic carbocycles. The molecule has 1 N–H and O–H groups in total. The zero-order valence-electron chi connectivity index (χ0n) is 14.3. The van der Waals surface area contributed by atoms with Crippen LogP contribution in [0.15, 0.2) is 18.2 Å². The number of aryl methyl sites for hydroxylation is 1. The second-order valence-electron chi connectivity index (χ2n) is 7.20. The molecule has 0 spiro atoms. The van der Waals surface area contributed by atoms with E-state index in [1.165, 1.54) is 16.8 Å². The number of aliphatic hydroxyl groups is 1. The Morgan fingerprint density at radius 3 is 2.43 bits per heavy atom. The molecule has 3 rings (SSSR count). The van der Waals surface area contributed by atoms with Gasteiger partial charge in [-0.05, 0) is 43.9 Å². The fourth-order valence-corrected chi connectivity index (χ4v) is 3.88. The van der Waals surface area contributed by atoms with Crippen LogP contribution in [0.25, 0.3) is 0 Å². The van der Waals surface area contributed by atoms with E-state index < -0.39 is 5.60 Å². The number of anilines is 1. The number of hydrogen-bond donors (Lipinski definition) is 1. The summed E-state index contributed by atoms with van der Waals surface area (Å²) in [5.41, 5.74) is 3.19. The van der Waals surface area contributed by atoms with Crippen molar-refractivity contribution in [3.63, 3.8) is 0 Å². The van der Waals surface area contributed by atoms with Gasteiger partial charge in [0, 0.05) is 31.9 Å². The highest BCUT2D eigenvalue weighted by Crippen LogP contribution is 2.33. The van der Waals surface area contributed by atoms with E-state index in [2.05, 4.69) is 36.9 Å². The zero-order valence-corrected chi connectivity index (χ0v) is 14.3. The maximum atomic E-state index is 12.5. The molecule has 4 heteroatoms. The van der Waals surface area contributed by atoms with Gasteiger partial charge in [0.1, 0.15) is 0 Å². The Balaban J connectivity index is 1.58. The summed E-state index contributed by atoms with van der Waals surface area (Å²) in [5.74, 6) is 0.120. The fraction of sp³-hybridized carbons (Fsp3) is 0.632. The third-order valence-corrected chi connectivity index (χ3v) is 5.56. The molecule has 23 heavy (non-hydrogen) atoms. The van der Waals surface area contributed by atoms with E-state index in [-0.39, 0.29) is 5.91 Å². The lowest BCUT2D eigenvalue weighted by Gasteiger charge is -2.38. The van der Waals surface area contributed by atoms with E-state index >= 15 is 0 Å². The zero-order chi connectivity index (χ0) is 16.4. The van der Waals surface area contributed by atoms with Crippen LogP contribution in [0, 0.1) is 13.8 Å². The van der Waals surface area contributed by atoms with Gasteiger partial charge in [0.05, 0.1) is 12.0 Å². The Hall–Kier alpha value is -1.55. The number of piperazine rings is 1. The van der Waals surface area contributed by atoms with Crippen molar-refractivity contribution in [3.8, 4) is 0 Å². The van der Waals surface area contributed by atoms with Crippen LogP contribution < -0.4 is 4.90 Å². The molecule has 126 valence electrons. The largest absolute Gasteiger partial charge is 0.389 e. The summed E-state index contributed by atoms with van der Waals surface area (Å²) >= 11 is 0. The van der Waals surface area contributed by atoms with E-state index in [1.54, 1.807) is 0 Å². The van der Waals surface area contributed by atoms with Gasteiger partial charge in [-0.3, -0.25) is 4.79 Å². The maximum Gasteiger partial charge on any atom is 0.225 e. The Morgan fingerprint density at radius 2 is 1.78 bits per heavy atom. The molecule has 0 radical (unpaired) electrons. The normalized spacial score (nSPS) is 20.8. The molecule has 0 unspecified atom stereocenters. The number of nitrogens with zero attached hydrogens (tertiary/aromatic N) is 2. The molecule has 1 saturated heterocycles. The minimum Gasteiger partial charge on any atom is -0.389 e. The number of rotatable bonds is 3. The van der Waals surface area contributed by atoms with Crippen molar-refractivity contribution in [2.24, 2.45) is 0 Å². The van der Waals surface area contributed by atoms with Gasteiger partial charge in [-0.25, -0.2) is 0 Å². The van der Waals surface area contributed by atoms with Crippen molar-refractivity contribution in [1.29, 1.82) is 0 Å². The monoisotopic (exact) mass is 316 g/mol. The summed E-state index contributed by atoms with van der Waals surface area (Å²) in [5, 5.41) is 10.4. The Morgan fingerprint density at radius 1 is 1.13 bits per heavy atom. The van der Waals surface area contributed by atoms with E-state index in [9.17, 15) is 9.90 Å². The molecule has 1 aliphatic heterocycles. The SMILES string of the molecule is Cc1cccc(N2CCN(C(=O)CC3(O)CCCC3)CC2)c1C. The van der Waals surface area contributed by atoms with Crippen LogP contribution in [0.4, 0.5) is 5.69 Å². The molecule has 1 aromatic rings. The first-order valence-electron chi connectivity index (χ1n) is 8.80. The van der Waals surface area contributed by atoms with Gasteiger partial charge in [-0.2, -0.15) is 0 Å². The van der Waals surface area contributed by atoms with Crippen molar-refractivity contribution >= 4 is 11.6 Å². The summed E-state index contributed by atoms with van der Waals surface area (Å²) in [6, 6.07) is 6.41. The van der Waals surface area contributed by atoms with Crippen LogP contribution in [0.3, 0.4) is 0 Å². The minimum atomic E-state index is -0.735. The maximum absolute atomic E-state index is 12.5. The second kappa shape index (κ2) is 6.52. The van der Waals surface area contributed by atoms with Crippen LogP contribution in [-0.2, 0) is 4.79 Å². The van der Waals surface area contributed by atoms with Gasteiger partial charge in [0.2, 0.25) is 5.91 Å². The molecule has 0 aromatic heterocycles. The highest BCUT2D eigenvalue weighted by molar-refractivity contribution is 5.77. The lowest BCUT2D eigenvalue weighted by atomic mass is 9.97. The first-order valence-corrected chi connectivity index (χ1v) is 8.80. The van der Waals surface area contributed by atoms with Crippen molar-refractivity contribution < 1.29 is 9.90 Å². The average molecular weight is 316 g/mol. The standard InChI is InChI=1S/C19H28N2O2/c1-15-6-5-7-17(16(15)2)20-10-12-21(13-11-20)18(22)14-19(23)8-3-4-9-19/h5-7,23H,3-4,8-14H2,1-2H3. The van der Waals surface area contributed by atoms with Crippen LogP contribution in [0.2, 0.25) is 0 Å². The van der Waals surface area contributed by atoms with Gasteiger partial charge in [0.15, 0.2) is 0 Å². The summed E-state index contributed by atoms with van der Waals surface area (Å²) in [4.78, 5) is 16.8. The van der Waals surface area contributed by atoms with Gasteiger partial charge >= 0.3 is 0 Å². The van der Waals surface area contributed by atoms with Crippen molar-refractivity contribution in [2.45, 2.75) is 51.6 Å². The summed E-state index contributed by atoms with van der Waals surface area (Å²) in [7, 11) is 0. The highest BCUT2D eigenvalue weighted by Gasteiger charge is 2.35. The molecule has 1 aromatic carbocycles. The van der Waals surface area contributed by atoms with E-state index in [4.69, 9.17) is 0 Å². The molecule has 0 bridgehead atoms.